The van der Waals surface area contributed by atoms with E-state index >= 15 is 0 Å². The van der Waals surface area contributed by atoms with Gasteiger partial charge in [-0.3, -0.25) is 9.79 Å². The Bertz CT molecular complexity index is 1190. The van der Waals surface area contributed by atoms with E-state index in [2.05, 4.69) is 9.98 Å². The Morgan fingerprint density at radius 3 is 2.71 bits per heavy atom. The maximum absolute atomic E-state index is 14.2. The quantitative estimate of drug-likeness (QED) is 0.398. The van der Waals surface area contributed by atoms with Crippen molar-refractivity contribution in [2.45, 2.75) is 57.5 Å². The van der Waals surface area contributed by atoms with Crippen LogP contribution in [0.5, 0.6) is 0 Å². The van der Waals surface area contributed by atoms with Crippen molar-refractivity contribution in [3.63, 3.8) is 0 Å². The highest BCUT2D eigenvalue weighted by atomic mass is 35.5. The number of ketones is 1. The van der Waals surface area contributed by atoms with Gasteiger partial charge >= 0.3 is 6.18 Å². The number of carbonyl (C=O) groups excluding carboxylic acids is 1. The summed E-state index contributed by atoms with van der Waals surface area (Å²) in [6, 6.07) is 1.62. The summed E-state index contributed by atoms with van der Waals surface area (Å²) >= 11 is 6.60. The van der Waals surface area contributed by atoms with E-state index in [1.807, 2.05) is 12.3 Å². The number of carbonyl (C=O) groups is 1. The van der Waals surface area contributed by atoms with E-state index in [1.54, 1.807) is 12.1 Å². The lowest BCUT2D eigenvalue weighted by Gasteiger charge is -2.21. The second-order valence-electron chi connectivity index (χ2n) is 9.53. The number of halogens is 4. The second kappa shape index (κ2) is 9.76. The van der Waals surface area contributed by atoms with Crippen LogP contribution in [0.25, 0.3) is 5.57 Å². The van der Waals surface area contributed by atoms with Crippen molar-refractivity contribution in [1.29, 1.82) is 0 Å². The highest BCUT2D eigenvalue weighted by molar-refractivity contribution is 6.36. The maximum atomic E-state index is 14.2. The predicted octanol–water partition coefficient (Wildman–Crippen LogP) is 7.59. The van der Waals surface area contributed by atoms with Crippen molar-refractivity contribution in [1.82, 2.24) is 0 Å². The second-order valence-corrected chi connectivity index (χ2v) is 9.93. The average Bonchev–Trinajstić information content (AvgIpc) is 3.54. The standard InChI is InChI=1S/C27H26ClF3N2O2/c28-23-20-7-2-6-18(19-11-13-35-15-19)14-21(27(29,30)31)24(20)33-25(23)26(34)17-5-1-4-16(9-10-17)22-8-3-12-32-22/h3,6,11-17,20H,1-2,4-5,7-10H2/b18-6+,21-14+. The predicted molar refractivity (Wildman–Crippen MR) is 130 cm³/mol. The van der Waals surface area contributed by atoms with Gasteiger partial charge in [0.15, 0.2) is 5.78 Å². The minimum absolute atomic E-state index is 0.0110. The number of allylic oxidation sites excluding steroid dienone is 7. The average molecular weight is 503 g/mol. The minimum atomic E-state index is -4.64. The van der Waals surface area contributed by atoms with E-state index in [0.29, 0.717) is 42.7 Å². The molecule has 8 heteroatoms. The van der Waals surface area contributed by atoms with Gasteiger partial charge in [0.1, 0.15) is 5.70 Å². The SMILES string of the molecule is O=C(C1=C(Cl)C2CC/C=C(c3ccoc3)\C=C(\C(F)(F)F)C2=N1)C1CCCC(C2=NC=CC2)CC1. The van der Waals surface area contributed by atoms with Gasteiger partial charge in [-0.1, -0.05) is 30.2 Å². The maximum Gasteiger partial charge on any atom is 0.418 e. The first-order chi connectivity index (χ1) is 16.8. The molecule has 0 spiro atoms. The van der Waals surface area contributed by atoms with E-state index in [4.69, 9.17) is 16.0 Å². The van der Waals surface area contributed by atoms with E-state index in [0.717, 1.165) is 37.5 Å². The van der Waals surface area contributed by atoms with Crippen molar-refractivity contribution >= 4 is 34.4 Å². The molecule has 4 nitrogen and oxygen atoms in total. The molecule has 0 saturated heterocycles. The first kappa shape index (κ1) is 24.0. The molecule has 0 amide bonds. The molecule has 1 fully saturated rings. The molecule has 0 bridgehead atoms. The summed E-state index contributed by atoms with van der Waals surface area (Å²) in [6.07, 6.45) is 10.7. The zero-order valence-corrected chi connectivity index (χ0v) is 19.9. The number of Topliss-reactive ketones (excluding diaryl/α,β-unsaturated/α-hetero) is 1. The van der Waals surface area contributed by atoms with E-state index in [9.17, 15) is 18.0 Å². The third kappa shape index (κ3) is 4.88. The fourth-order valence-electron chi connectivity index (χ4n) is 5.51. The lowest BCUT2D eigenvalue weighted by Crippen LogP contribution is -2.26. The molecule has 1 aromatic heterocycles. The van der Waals surface area contributed by atoms with E-state index < -0.39 is 17.7 Å². The molecule has 2 aliphatic heterocycles. The number of fused-ring (bicyclic) bond motifs is 1. The third-order valence-electron chi connectivity index (χ3n) is 7.37. The topological polar surface area (TPSA) is 54.9 Å². The van der Waals surface area contributed by atoms with Crippen LogP contribution in [0, 0.1) is 17.8 Å². The molecule has 5 rings (SSSR count). The summed E-state index contributed by atoms with van der Waals surface area (Å²) in [5.41, 5.74) is 1.14. The van der Waals surface area contributed by atoms with Crippen LogP contribution < -0.4 is 0 Å². The number of furan rings is 1. The molecule has 35 heavy (non-hydrogen) atoms. The Labute approximate surface area is 207 Å². The number of alkyl halides is 3. The van der Waals surface area contributed by atoms with Crippen molar-refractivity contribution in [3.8, 4) is 0 Å². The van der Waals surface area contributed by atoms with E-state index in [1.165, 1.54) is 12.5 Å². The molecule has 1 aromatic rings. The zero-order valence-electron chi connectivity index (χ0n) is 19.2. The molecule has 2 aliphatic carbocycles. The lowest BCUT2D eigenvalue weighted by atomic mass is 9.87. The summed E-state index contributed by atoms with van der Waals surface area (Å²) in [7, 11) is 0. The van der Waals surface area contributed by atoms with Gasteiger partial charge in [-0.25, -0.2) is 4.99 Å². The molecule has 184 valence electrons. The number of hydrogen-bond donors (Lipinski definition) is 0. The molecule has 3 atom stereocenters. The first-order valence-electron chi connectivity index (χ1n) is 12.1. The van der Waals surface area contributed by atoms with Gasteiger partial charge in [0.25, 0.3) is 0 Å². The van der Waals surface area contributed by atoms with Gasteiger partial charge in [-0.15, -0.1) is 0 Å². The molecule has 0 radical (unpaired) electrons. The van der Waals surface area contributed by atoms with E-state index in [-0.39, 0.29) is 28.1 Å². The fraction of sp³-hybridized carbons (Fsp3) is 0.444. The Kier molecular flexibility index (Phi) is 6.71. The summed E-state index contributed by atoms with van der Waals surface area (Å²) in [5, 5.41) is 0.144. The zero-order chi connectivity index (χ0) is 24.6. The van der Waals surface area contributed by atoms with Gasteiger partial charge in [-0.2, -0.15) is 13.2 Å². The number of hydrogen-bond acceptors (Lipinski definition) is 4. The minimum Gasteiger partial charge on any atom is -0.472 e. The van der Waals surface area contributed by atoms with Crippen LogP contribution >= 0.6 is 11.6 Å². The third-order valence-corrected chi connectivity index (χ3v) is 7.81. The van der Waals surface area contributed by atoms with Crippen molar-refractivity contribution in [2.75, 3.05) is 0 Å². The van der Waals surface area contributed by atoms with Crippen molar-refractivity contribution in [2.24, 2.45) is 27.7 Å². The van der Waals surface area contributed by atoms with Gasteiger partial charge in [0.05, 0.1) is 28.8 Å². The van der Waals surface area contributed by atoms with Gasteiger partial charge in [-0.05, 0) is 62.2 Å². The Morgan fingerprint density at radius 1 is 1.14 bits per heavy atom. The van der Waals surface area contributed by atoms with Crippen LogP contribution in [0.15, 0.2) is 73.7 Å². The van der Waals surface area contributed by atoms with Crippen LogP contribution in [0.1, 0.15) is 56.9 Å². The normalized spacial score (nSPS) is 30.3. The summed E-state index contributed by atoms with van der Waals surface area (Å²) in [6.45, 7) is 0. The molecule has 4 aliphatic rings. The molecule has 0 aromatic carbocycles. The number of rotatable bonds is 4. The highest BCUT2D eigenvalue weighted by Crippen LogP contribution is 2.44. The van der Waals surface area contributed by atoms with Crippen LogP contribution in [0.4, 0.5) is 13.2 Å². The van der Waals surface area contributed by atoms with Crippen molar-refractivity contribution < 1.29 is 22.4 Å². The Morgan fingerprint density at radius 2 is 2.00 bits per heavy atom. The lowest BCUT2D eigenvalue weighted by molar-refractivity contribution is -0.119. The molecule has 0 N–H and O–H groups in total. The Balaban J connectivity index is 1.41. The van der Waals surface area contributed by atoms with Crippen LogP contribution in [-0.4, -0.2) is 23.4 Å². The highest BCUT2D eigenvalue weighted by Gasteiger charge is 2.45. The first-order valence-corrected chi connectivity index (χ1v) is 12.5. The van der Waals surface area contributed by atoms with Crippen LogP contribution in [0.2, 0.25) is 0 Å². The van der Waals surface area contributed by atoms with Gasteiger partial charge < -0.3 is 4.42 Å². The monoisotopic (exact) mass is 502 g/mol. The number of nitrogens with zero attached hydrogens (tertiary/aromatic N) is 2. The van der Waals surface area contributed by atoms with Gasteiger partial charge in [0.2, 0.25) is 0 Å². The Hall–Kier alpha value is -2.67. The molecule has 3 heterocycles. The molecule has 1 saturated carbocycles. The summed E-state index contributed by atoms with van der Waals surface area (Å²) in [5.74, 6) is -0.900. The van der Waals surface area contributed by atoms with Gasteiger partial charge in [0, 0.05) is 35.7 Å². The molecular formula is C27H26ClF3N2O2. The smallest absolute Gasteiger partial charge is 0.418 e. The molecule has 3 unspecified atom stereocenters. The molecular weight excluding hydrogens is 477 g/mol. The van der Waals surface area contributed by atoms with Crippen LogP contribution in [-0.2, 0) is 4.79 Å². The van der Waals surface area contributed by atoms with Crippen LogP contribution in [0.3, 0.4) is 0 Å². The summed E-state index contributed by atoms with van der Waals surface area (Å²) in [4.78, 5) is 22.3. The largest absolute Gasteiger partial charge is 0.472 e. The number of aliphatic imine (C=N–C) groups is 2. The van der Waals surface area contributed by atoms with Crippen molar-refractivity contribution in [3.05, 3.63) is 64.9 Å². The fourth-order valence-corrected chi connectivity index (χ4v) is 5.86. The summed E-state index contributed by atoms with van der Waals surface area (Å²) < 4.78 is 47.7.